The number of fused-ring (bicyclic) bond motifs is 3. The first kappa shape index (κ1) is 32.2. The van der Waals surface area contributed by atoms with Gasteiger partial charge in [0, 0.05) is 37.9 Å². The van der Waals surface area contributed by atoms with Crippen molar-refractivity contribution in [2.24, 2.45) is 0 Å². The van der Waals surface area contributed by atoms with Gasteiger partial charge in [0.2, 0.25) is 0 Å². The first-order valence-corrected chi connectivity index (χ1v) is 18.6. The SMILES string of the molecule is CC(C)c1ccnc(-c2[c-]ccc3c2oc2cccc(-c4ccccc4)c23)c1.C[Si](C)(C)c1ccc(-c2[c-]cccc2)nc1.[Ir]. The fourth-order valence-corrected chi connectivity index (χ4v) is 6.37. The maximum absolute atomic E-state index is 6.33. The van der Waals surface area contributed by atoms with E-state index >= 15 is 0 Å². The van der Waals surface area contributed by atoms with Crippen LogP contribution in [0.2, 0.25) is 19.6 Å². The van der Waals surface area contributed by atoms with E-state index in [4.69, 9.17) is 4.42 Å². The molecule has 0 bridgehead atoms. The van der Waals surface area contributed by atoms with Crippen molar-refractivity contribution in [2.45, 2.75) is 39.4 Å². The summed E-state index contributed by atoms with van der Waals surface area (Å²) < 4.78 is 6.33. The summed E-state index contributed by atoms with van der Waals surface area (Å²) >= 11 is 0. The van der Waals surface area contributed by atoms with Gasteiger partial charge in [0.15, 0.2) is 0 Å². The van der Waals surface area contributed by atoms with Gasteiger partial charge >= 0.3 is 0 Å². The summed E-state index contributed by atoms with van der Waals surface area (Å²) in [5, 5.41) is 3.63. The zero-order chi connectivity index (χ0) is 30.7. The van der Waals surface area contributed by atoms with Gasteiger partial charge in [-0.25, -0.2) is 0 Å². The van der Waals surface area contributed by atoms with E-state index in [0.717, 1.165) is 44.5 Å². The molecule has 4 aromatic carbocycles. The van der Waals surface area contributed by atoms with E-state index in [1.54, 1.807) is 0 Å². The average molecular weight is 781 g/mol. The maximum Gasteiger partial charge on any atom is 0.121 e. The minimum Gasteiger partial charge on any atom is -0.501 e. The van der Waals surface area contributed by atoms with Crippen molar-refractivity contribution in [1.82, 2.24) is 9.97 Å². The molecule has 7 aromatic rings. The number of benzene rings is 4. The second-order valence-electron chi connectivity index (χ2n) is 12.3. The molecule has 0 unspecified atom stereocenters. The third-order valence-corrected chi connectivity index (χ3v) is 9.89. The zero-order valence-corrected chi connectivity index (χ0v) is 29.7. The average Bonchev–Trinajstić information content (AvgIpc) is 3.45. The van der Waals surface area contributed by atoms with Crippen molar-refractivity contribution in [2.75, 3.05) is 0 Å². The number of rotatable bonds is 5. The summed E-state index contributed by atoms with van der Waals surface area (Å²) in [6.45, 7) is 11.4. The van der Waals surface area contributed by atoms with Crippen molar-refractivity contribution in [3.63, 3.8) is 0 Å². The molecule has 3 aromatic heterocycles. The fraction of sp³-hybridized carbons (Fsp3) is 0.150. The number of pyridine rings is 2. The molecular formula is C40H36IrN2OSi-2. The van der Waals surface area contributed by atoms with Crippen LogP contribution >= 0.6 is 0 Å². The van der Waals surface area contributed by atoms with Crippen molar-refractivity contribution in [3.05, 3.63) is 139 Å². The van der Waals surface area contributed by atoms with Crippen molar-refractivity contribution >= 4 is 35.2 Å². The molecule has 0 saturated heterocycles. The molecule has 3 heterocycles. The molecule has 45 heavy (non-hydrogen) atoms. The summed E-state index contributed by atoms with van der Waals surface area (Å²) in [5.41, 5.74) is 9.23. The summed E-state index contributed by atoms with van der Waals surface area (Å²) in [6, 6.07) is 43.7. The van der Waals surface area contributed by atoms with Crippen LogP contribution in [0.1, 0.15) is 25.3 Å². The van der Waals surface area contributed by atoms with E-state index in [1.165, 1.54) is 21.9 Å². The molecule has 0 fully saturated rings. The number of hydrogen-bond acceptors (Lipinski definition) is 3. The Morgan fingerprint density at radius 2 is 1.53 bits per heavy atom. The van der Waals surface area contributed by atoms with Crippen LogP contribution in [0.4, 0.5) is 0 Å². The van der Waals surface area contributed by atoms with Gasteiger partial charge < -0.3 is 14.4 Å². The van der Waals surface area contributed by atoms with Crippen LogP contribution in [0, 0.1) is 12.1 Å². The Kier molecular flexibility index (Phi) is 9.94. The number of hydrogen-bond donors (Lipinski definition) is 0. The Labute approximate surface area is 280 Å². The quantitative estimate of drug-likeness (QED) is 0.129. The van der Waals surface area contributed by atoms with E-state index in [1.807, 2.05) is 60.9 Å². The predicted molar refractivity (Wildman–Crippen MR) is 187 cm³/mol. The van der Waals surface area contributed by atoms with Gasteiger partial charge in [-0.3, -0.25) is 0 Å². The molecule has 0 aliphatic heterocycles. The Morgan fingerprint density at radius 3 is 2.22 bits per heavy atom. The molecule has 0 saturated carbocycles. The molecule has 0 N–H and O–H groups in total. The number of nitrogens with zero attached hydrogens (tertiary/aromatic N) is 2. The molecular weight excluding hydrogens is 745 g/mol. The van der Waals surface area contributed by atoms with Crippen molar-refractivity contribution < 1.29 is 24.5 Å². The van der Waals surface area contributed by atoms with Gasteiger partial charge in [0.05, 0.1) is 13.7 Å². The van der Waals surface area contributed by atoms with E-state index in [2.05, 4.69) is 116 Å². The topological polar surface area (TPSA) is 38.9 Å². The summed E-state index contributed by atoms with van der Waals surface area (Å²) in [5.74, 6) is 0.446. The third kappa shape index (κ3) is 7.07. The third-order valence-electron chi connectivity index (χ3n) is 7.86. The summed E-state index contributed by atoms with van der Waals surface area (Å²) in [4.78, 5) is 9.12. The van der Waals surface area contributed by atoms with E-state index in [0.29, 0.717) is 5.92 Å². The van der Waals surface area contributed by atoms with Crippen LogP contribution in [0.25, 0.3) is 55.6 Å². The summed E-state index contributed by atoms with van der Waals surface area (Å²) in [6.07, 6.45) is 3.89. The van der Waals surface area contributed by atoms with Crippen molar-refractivity contribution in [1.29, 1.82) is 0 Å². The van der Waals surface area contributed by atoms with Crippen LogP contribution in [0.15, 0.2) is 126 Å². The van der Waals surface area contributed by atoms with Gasteiger partial charge in [0.1, 0.15) is 5.58 Å². The Morgan fingerprint density at radius 1 is 0.733 bits per heavy atom. The molecule has 5 heteroatoms. The van der Waals surface area contributed by atoms with E-state index in [-0.39, 0.29) is 20.1 Å². The second kappa shape index (κ2) is 13.9. The predicted octanol–water partition coefficient (Wildman–Crippen LogP) is 10.3. The Hall–Kier alpha value is -4.15. The Balaban J connectivity index is 0.000000202. The van der Waals surface area contributed by atoms with Gasteiger partial charge in [-0.05, 0) is 45.8 Å². The molecule has 0 amide bonds. The molecule has 0 atom stereocenters. The minimum absolute atomic E-state index is 0. The first-order valence-electron chi connectivity index (χ1n) is 15.1. The standard InChI is InChI=1S/C26H20NO.C14H16NSi.Ir/c1-17(2)19-14-15-27-23(16-19)21-11-6-12-22-25-20(18-8-4-3-5-9-18)10-7-13-24(25)28-26(21)22;1-16(2,3)13-9-10-14(15-11-13)12-7-5-4-6-8-12;/h3-10,12-17H,1-2H3;4-7,9-11H,1-3H3;/q2*-1;. The van der Waals surface area contributed by atoms with Crippen LogP contribution < -0.4 is 5.19 Å². The van der Waals surface area contributed by atoms with Crippen LogP contribution in [0.5, 0.6) is 0 Å². The van der Waals surface area contributed by atoms with E-state index < -0.39 is 8.07 Å². The van der Waals surface area contributed by atoms with Crippen LogP contribution in [0.3, 0.4) is 0 Å². The smallest absolute Gasteiger partial charge is 0.121 e. The van der Waals surface area contributed by atoms with E-state index in [9.17, 15) is 0 Å². The maximum atomic E-state index is 6.33. The molecule has 3 nitrogen and oxygen atoms in total. The number of aromatic nitrogens is 2. The number of furan rings is 1. The molecule has 7 rings (SSSR count). The van der Waals surface area contributed by atoms with Crippen molar-refractivity contribution in [3.8, 4) is 33.6 Å². The largest absolute Gasteiger partial charge is 0.501 e. The minimum atomic E-state index is -1.23. The zero-order valence-electron chi connectivity index (χ0n) is 26.3. The normalized spacial score (nSPS) is 11.2. The fourth-order valence-electron chi connectivity index (χ4n) is 5.33. The molecule has 0 aliphatic rings. The second-order valence-corrected chi connectivity index (χ2v) is 17.4. The van der Waals surface area contributed by atoms with Gasteiger partial charge in [-0.15, -0.1) is 54.1 Å². The molecule has 227 valence electrons. The summed E-state index contributed by atoms with van der Waals surface area (Å²) in [7, 11) is -1.23. The van der Waals surface area contributed by atoms with Gasteiger partial charge in [-0.2, -0.15) is 0 Å². The first-order chi connectivity index (χ1) is 21.3. The molecule has 0 aliphatic carbocycles. The van der Waals surface area contributed by atoms with Crippen LogP contribution in [-0.4, -0.2) is 18.0 Å². The molecule has 0 spiro atoms. The van der Waals surface area contributed by atoms with Gasteiger partial charge in [-0.1, -0.05) is 111 Å². The Bertz CT molecular complexity index is 2010. The monoisotopic (exact) mass is 781 g/mol. The molecule has 1 radical (unpaired) electrons. The van der Waals surface area contributed by atoms with Crippen LogP contribution in [-0.2, 0) is 20.1 Å². The van der Waals surface area contributed by atoms with Gasteiger partial charge in [0.25, 0.3) is 0 Å².